The first-order valence-corrected chi connectivity index (χ1v) is 4.11. The fraction of sp³-hybridized carbons (Fsp3) is 0.250. The van der Waals surface area contributed by atoms with Crippen molar-refractivity contribution in [1.82, 2.24) is 9.13 Å². The van der Waals surface area contributed by atoms with Crippen LogP contribution in [-0.4, -0.2) is 20.8 Å². The third-order valence-electron chi connectivity index (χ3n) is 2.33. The smallest absolute Gasteiger partial charge is 0.304 e. The zero-order chi connectivity index (χ0) is 11.3. The van der Waals surface area contributed by atoms with Gasteiger partial charge in [-0.3, -0.25) is 23.5 Å². The Labute approximate surface area is 82.9 Å². The fourth-order valence-electron chi connectivity index (χ4n) is 1.47. The van der Waals surface area contributed by atoms with E-state index in [1.807, 2.05) is 0 Å². The van der Waals surface area contributed by atoms with Crippen molar-refractivity contribution in [3.05, 3.63) is 26.4 Å². The molecule has 1 aliphatic heterocycles. The molecule has 1 aromatic rings. The van der Waals surface area contributed by atoms with Gasteiger partial charge in [-0.2, -0.15) is 0 Å². The first-order chi connectivity index (χ1) is 6.95. The van der Waals surface area contributed by atoms with Crippen molar-refractivity contribution < 1.29 is 9.59 Å². The Morgan fingerprint density at radius 2 is 1.60 bits per heavy atom. The van der Waals surface area contributed by atoms with Crippen molar-refractivity contribution in [3.8, 4) is 0 Å². The van der Waals surface area contributed by atoms with Gasteiger partial charge in [-0.1, -0.05) is 0 Å². The number of fused-ring (bicyclic) bond motifs is 1. The van der Waals surface area contributed by atoms with E-state index in [-0.39, 0.29) is 11.4 Å². The SMILES string of the molecule is Cn1c2c(c(=O)n(C)c1=O)C(=O)C(=O)N2. The monoisotopic (exact) mass is 209 g/mol. The third-order valence-corrected chi connectivity index (χ3v) is 2.33. The van der Waals surface area contributed by atoms with E-state index in [2.05, 4.69) is 5.32 Å². The van der Waals surface area contributed by atoms with Gasteiger partial charge in [-0.05, 0) is 0 Å². The molecule has 0 saturated heterocycles. The van der Waals surface area contributed by atoms with E-state index in [1.54, 1.807) is 0 Å². The van der Waals surface area contributed by atoms with E-state index in [4.69, 9.17) is 0 Å². The van der Waals surface area contributed by atoms with Crippen molar-refractivity contribution in [1.29, 1.82) is 0 Å². The lowest BCUT2D eigenvalue weighted by Crippen LogP contribution is -2.39. The molecular formula is C8H7N3O4. The molecule has 0 saturated carbocycles. The van der Waals surface area contributed by atoms with Crippen molar-refractivity contribution in [2.24, 2.45) is 14.1 Å². The number of anilines is 1. The summed E-state index contributed by atoms with van der Waals surface area (Å²) in [6, 6.07) is 0. The van der Waals surface area contributed by atoms with E-state index in [0.717, 1.165) is 9.13 Å². The topological polar surface area (TPSA) is 90.2 Å². The molecule has 15 heavy (non-hydrogen) atoms. The molecule has 0 spiro atoms. The van der Waals surface area contributed by atoms with E-state index in [1.165, 1.54) is 14.1 Å². The summed E-state index contributed by atoms with van der Waals surface area (Å²) in [5, 5.41) is 2.19. The summed E-state index contributed by atoms with van der Waals surface area (Å²) in [4.78, 5) is 45.3. The van der Waals surface area contributed by atoms with Crippen LogP contribution in [0.1, 0.15) is 10.4 Å². The summed E-state index contributed by atoms with van der Waals surface area (Å²) >= 11 is 0. The summed E-state index contributed by atoms with van der Waals surface area (Å²) in [6.07, 6.45) is 0. The highest BCUT2D eigenvalue weighted by atomic mass is 16.2. The van der Waals surface area contributed by atoms with Crippen LogP contribution in [0.25, 0.3) is 0 Å². The van der Waals surface area contributed by atoms with Crippen LogP contribution in [0.15, 0.2) is 9.59 Å². The number of hydrogen-bond acceptors (Lipinski definition) is 4. The lowest BCUT2D eigenvalue weighted by Gasteiger charge is -2.06. The highest BCUT2D eigenvalue weighted by molar-refractivity contribution is 6.51. The number of aromatic nitrogens is 2. The zero-order valence-electron chi connectivity index (χ0n) is 8.03. The molecule has 2 heterocycles. The Morgan fingerprint density at radius 3 is 2.20 bits per heavy atom. The van der Waals surface area contributed by atoms with Crippen molar-refractivity contribution >= 4 is 17.5 Å². The van der Waals surface area contributed by atoms with Crippen LogP contribution >= 0.6 is 0 Å². The van der Waals surface area contributed by atoms with Crippen molar-refractivity contribution in [2.45, 2.75) is 0 Å². The molecule has 0 aromatic carbocycles. The van der Waals surface area contributed by atoms with Crippen LogP contribution in [0.2, 0.25) is 0 Å². The normalized spacial score (nSPS) is 14.0. The van der Waals surface area contributed by atoms with Crippen LogP contribution in [0.5, 0.6) is 0 Å². The molecule has 1 aliphatic rings. The average molecular weight is 209 g/mol. The van der Waals surface area contributed by atoms with E-state index in [9.17, 15) is 19.2 Å². The lowest BCUT2D eigenvalue weighted by atomic mass is 10.2. The van der Waals surface area contributed by atoms with Gasteiger partial charge < -0.3 is 5.32 Å². The van der Waals surface area contributed by atoms with Crippen LogP contribution < -0.4 is 16.6 Å². The molecule has 7 nitrogen and oxygen atoms in total. The molecule has 1 aromatic heterocycles. The lowest BCUT2D eigenvalue weighted by molar-refractivity contribution is -0.112. The summed E-state index contributed by atoms with van der Waals surface area (Å²) in [7, 11) is 2.63. The maximum Gasteiger partial charge on any atom is 0.332 e. The summed E-state index contributed by atoms with van der Waals surface area (Å²) < 4.78 is 1.84. The van der Waals surface area contributed by atoms with Gasteiger partial charge in [-0.25, -0.2) is 4.79 Å². The van der Waals surface area contributed by atoms with Crippen LogP contribution in [0, 0.1) is 0 Å². The summed E-state index contributed by atoms with van der Waals surface area (Å²) in [5.74, 6) is -1.82. The molecule has 1 amide bonds. The van der Waals surface area contributed by atoms with Crippen LogP contribution in [-0.2, 0) is 18.9 Å². The van der Waals surface area contributed by atoms with Gasteiger partial charge in [0, 0.05) is 14.1 Å². The Bertz CT molecular complexity index is 608. The van der Waals surface area contributed by atoms with Gasteiger partial charge in [0.1, 0.15) is 11.4 Å². The first kappa shape index (κ1) is 9.38. The number of carbonyl (C=O) groups is 2. The van der Waals surface area contributed by atoms with E-state index in [0.29, 0.717) is 0 Å². The predicted molar refractivity (Wildman–Crippen MR) is 49.9 cm³/mol. The van der Waals surface area contributed by atoms with Gasteiger partial charge in [0.25, 0.3) is 17.2 Å². The second-order valence-electron chi connectivity index (χ2n) is 3.21. The second kappa shape index (κ2) is 2.66. The number of nitrogens with one attached hydrogen (secondary N) is 1. The standard InChI is InChI=1S/C8H7N3O4/c1-10-5-3(4(12)6(13)9-5)7(14)11(2)8(10)15/h1-2H3,(H,9,12,13). The molecule has 0 fully saturated rings. The second-order valence-corrected chi connectivity index (χ2v) is 3.21. The third kappa shape index (κ3) is 0.997. The Morgan fingerprint density at radius 1 is 1.00 bits per heavy atom. The van der Waals surface area contributed by atoms with Gasteiger partial charge in [-0.15, -0.1) is 0 Å². The van der Waals surface area contributed by atoms with Crippen molar-refractivity contribution in [2.75, 3.05) is 5.32 Å². The van der Waals surface area contributed by atoms with Gasteiger partial charge in [0.05, 0.1) is 0 Å². The molecule has 7 heteroatoms. The number of ketones is 1. The quantitative estimate of drug-likeness (QED) is 0.511. The average Bonchev–Trinajstić information content (AvgIpc) is 2.50. The van der Waals surface area contributed by atoms with Crippen LogP contribution in [0.4, 0.5) is 5.82 Å². The number of rotatable bonds is 0. The Balaban J connectivity index is 3.00. The minimum absolute atomic E-state index is 0.0295. The van der Waals surface area contributed by atoms with Gasteiger partial charge in [0.15, 0.2) is 0 Å². The molecule has 0 radical (unpaired) electrons. The number of carbonyl (C=O) groups excluding carboxylic acids is 2. The van der Waals surface area contributed by atoms with Gasteiger partial charge >= 0.3 is 5.69 Å². The van der Waals surface area contributed by atoms with E-state index >= 15 is 0 Å². The maximum atomic E-state index is 11.5. The molecule has 0 atom stereocenters. The molecule has 2 rings (SSSR count). The molecular weight excluding hydrogens is 202 g/mol. The zero-order valence-corrected chi connectivity index (χ0v) is 8.03. The molecule has 1 N–H and O–H groups in total. The van der Waals surface area contributed by atoms with Crippen LogP contribution in [0.3, 0.4) is 0 Å². The molecule has 0 aliphatic carbocycles. The number of Topliss-reactive ketones (excluding diaryl/α,β-unsaturated/α-hetero) is 1. The van der Waals surface area contributed by atoms with Gasteiger partial charge in [0.2, 0.25) is 0 Å². The summed E-state index contributed by atoms with van der Waals surface area (Å²) in [5.41, 5.74) is -1.62. The van der Waals surface area contributed by atoms with E-state index < -0.39 is 22.9 Å². The Kier molecular flexibility index (Phi) is 1.66. The summed E-state index contributed by atoms with van der Waals surface area (Å²) in [6.45, 7) is 0. The van der Waals surface area contributed by atoms with Crippen molar-refractivity contribution in [3.63, 3.8) is 0 Å². The molecule has 78 valence electrons. The molecule has 0 bridgehead atoms. The largest absolute Gasteiger partial charge is 0.332 e. The number of nitrogens with zero attached hydrogens (tertiary/aromatic N) is 2. The number of hydrogen-bond donors (Lipinski definition) is 1. The number of amides is 1. The molecule has 0 unspecified atom stereocenters. The highest BCUT2D eigenvalue weighted by Crippen LogP contribution is 2.15. The fourth-order valence-corrected chi connectivity index (χ4v) is 1.47. The minimum atomic E-state index is -0.902. The first-order valence-electron chi connectivity index (χ1n) is 4.11. The predicted octanol–water partition coefficient (Wildman–Crippen LogP) is -1.78. The minimum Gasteiger partial charge on any atom is -0.304 e. The Hall–Kier alpha value is -2.18. The maximum absolute atomic E-state index is 11.5. The highest BCUT2D eigenvalue weighted by Gasteiger charge is 2.34.